The topological polar surface area (TPSA) is 12.0 Å². The molecule has 0 aromatic heterocycles. The highest BCUT2D eigenvalue weighted by molar-refractivity contribution is 5.51. The van der Waals surface area contributed by atoms with Crippen molar-refractivity contribution in [3.05, 3.63) is 41.7 Å². The summed E-state index contributed by atoms with van der Waals surface area (Å²) < 4.78 is 12.8. The van der Waals surface area contributed by atoms with Crippen molar-refractivity contribution in [2.24, 2.45) is 0 Å². The van der Waals surface area contributed by atoms with Gasteiger partial charge in [0.05, 0.1) is 0 Å². The van der Waals surface area contributed by atoms with Gasteiger partial charge in [-0.05, 0) is 37.1 Å². The fraction of sp³-hybridized carbons (Fsp3) is 0.333. The first kappa shape index (κ1) is 10.8. The molecule has 14 heavy (non-hydrogen) atoms. The van der Waals surface area contributed by atoms with Crippen LogP contribution in [0.25, 0.3) is 0 Å². The number of halogens is 1. The Morgan fingerprint density at radius 3 is 2.79 bits per heavy atom. The lowest BCUT2D eigenvalue weighted by atomic mass is 10.2. The molecule has 1 N–H and O–H groups in total. The molecule has 0 unspecified atom stereocenters. The minimum atomic E-state index is -0.192. The Morgan fingerprint density at radius 1 is 1.50 bits per heavy atom. The maximum atomic E-state index is 12.8. The molecule has 0 aliphatic heterocycles. The summed E-state index contributed by atoms with van der Waals surface area (Å²) in [4.78, 5) is 0. The highest BCUT2D eigenvalue weighted by Gasteiger charge is 1.99. The summed E-state index contributed by atoms with van der Waals surface area (Å²) in [5.41, 5.74) is 3.05. The average molecular weight is 193 g/mol. The van der Waals surface area contributed by atoms with Crippen molar-refractivity contribution >= 4 is 5.69 Å². The zero-order chi connectivity index (χ0) is 10.6. The lowest BCUT2D eigenvalue weighted by molar-refractivity contribution is 0.627. The smallest absolute Gasteiger partial charge is 0.123 e. The second kappa shape index (κ2) is 4.80. The van der Waals surface area contributed by atoms with Crippen molar-refractivity contribution < 1.29 is 4.39 Å². The van der Waals surface area contributed by atoms with Gasteiger partial charge in [-0.25, -0.2) is 4.39 Å². The van der Waals surface area contributed by atoms with Crippen molar-refractivity contribution in [2.45, 2.75) is 20.3 Å². The quantitative estimate of drug-likeness (QED) is 0.721. The minimum absolute atomic E-state index is 0.192. The van der Waals surface area contributed by atoms with Crippen LogP contribution in [0.5, 0.6) is 0 Å². The number of hydrogen-bond donors (Lipinski definition) is 1. The lowest BCUT2D eigenvalue weighted by Crippen LogP contribution is -2.04. The molecule has 0 saturated heterocycles. The Bertz CT molecular complexity index is 331. The SMILES string of the molecule is C=C(CC)CNc1ccc(F)cc1C. The number of anilines is 1. The van der Waals surface area contributed by atoms with Crippen molar-refractivity contribution in [2.75, 3.05) is 11.9 Å². The van der Waals surface area contributed by atoms with Crippen LogP contribution in [0.1, 0.15) is 18.9 Å². The van der Waals surface area contributed by atoms with Gasteiger partial charge in [0.1, 0.15) is 5.82 Å². The number of nitrogens with one attached hydrogen (secondary N) is 1. The van der Waals surface area contributed by atoms with Gasteiger partial charge >= 0.3 is 0 Å². The summed E-state index contributed by atoms with van der Waals surface area (Å²) in [7, 11) is 0. The molecule has 0 spiro atoms. The molecular formula is C12H16FN. The molecule has 2 heteroatoms. The van der Waals surface area contributed by atoms with Crippen LogP contribution in [0.2, 0.25) is 0 Å². The van der Waals surface area contributed by atoms with Crippen molar-refractivity contribution in [1.29, 1.82) is 0 Å². The maximum absolute atomic E-state index is 12.8. The van der Waals surface area contributed by atoms with E-state index >= 15 is 0 Å². The second-order valence-corrected chi connectivity index (χ2v) is 3.42. The monoisotopic (exact) mass is 193 g/mol. The van der Waals surface area contributed by atoms with Crippen LogP contribution in [-0.4, -0.2) is 6.54 Å². The standard InChI is InChI=1S/C12H16FN/c1-4-9(2)8-14-12-6-5-11(13)7-10(12)3/h5-7,14H,2,4,8H2,1,3H3. The van der Waals surface area contributed by atoms with E-state index in [4.69, 9.17) is 0 Å². The maximum Gasteiger partial charge on any atom is 0.123 e. The first-order valence-electron chi connectivity index (χ1n) is 4.80. The highest BCUT2D eigenvalue weighted by Crippen LogP contribution is 2.15. The number of benzene rings is 1. The lowest BCUT2D eigenvalue weighted by Gasteiger charge is -2.10. The molecule has 1 rings (SSSR count). The molecule has 1 aromatic carbocycles. The number of hydrogen-bond acceptors (Lipinski definition) is 1. The van der Waals surface area contributed by atoms with Crippen LogP contribution in [0.3, 0.4) is 0 Å². The first-order chi connectivity index (χ1) is 6.63. The van der Waals surface area contributed by atoms with Gasteiger partial charge in [-0.2, -0.15) is 0 Å². The van der Waals surface area contributed by atoms with E-state index < -0.39 is 0 Å². The highest BCUT2D eigenvalue weighted by atomic mass is 19.1. The van der Waals surface area contributed by atoms with Crippen molar-refractivity contribution in [1.82, 2.24) is 0 Å². The second-order valence-electron chi connectivity index (χ2n) is 3.42. The third-order valence-electron chi connectivity index (χ3n) is 2.22. The Labute approximate surface area is 84.6 Å². The molecule has 0 aliphatic carbocycles. The third kappa shape index (κ3) is 2.87. The molecular weight excluding hydrogens is 177 g/mol. The molecule has 0 bridgehead atoms. The van der Waals surface area contributed by atoms with Gasteiger partial charge in [0, 0.05) is 12.2 Å². The van der Waals surface area contributed by atoms with Crippen molar-refractivity contribution in [3.63, 3.8) is 0 Å². The fourth-order valence-electron chi connectivity index (χ4n) is 1.17. The van der Waals surface area contributed by atoms with Crippen LogP contribution < -0.4 is 5.32 Å². The molecule has 0 fully saturated rings. The summed E-state index contributed by atoms with van der Waals surface area (Å²) in [6.45, 7) is 8.61. The van der Waals surface area contributed by atoms with Gasteiger partial charge in [0.15, 0.2) is 0 Å². The van der Waals surface area contributed by atoms with E-state index in [-0.39, 0.29) is 5.82 Å². The fourth-order valence-corrected chi connectivity index (χ4v) is 1.17. The van der Waals surface area contributed by atoms with E-state index in [0.29, 0.717) is 0 Å². The normalized spacial score (nSPS) is 9.93. The van der Waals surface area contributed by atoms with Crippen molar-refractivity contribution in [3.8, 4) is 0 Å². The van der Waals surface area contributed by atoms with E-state index in [1.165, 1.54) is 12.1 Å². The van der Waals surface area contributed by atoms with Crippen LogP contribution in [0.15, 0.2) is 30.4 Å². The molecule has 1 nitrogen and oxygen atoms in total. The van der Waals surface area contributed by atoms with Gasteiger partial charge in [-0.3, -0.25) is 0 Å². The summed E-state index contributed by atoms with van der Waals surface area (Å²) in [6.07, 6.45) is 0.966. The largest absolute Gasteiger partial charge is 0.381 e. The Kier molecular flexibility index (Phi) is 3.69. The van der Waals surface area contributed by atoms with E-state index in [0.717, 1.165) is 29.8 Å². The first-order valence-corrected chi connectivity index (χ1v) is 4.80. The van der Waals surface area contributed by atoms with Crippen LogP contribution in [0, 0.1) is 12.7 Å². The molecule has 0 atom stereocenters. The third-order valence-corrected chi connectivity index (χ3v) is 2.22. The molecule has 76 valence electrons. The van der Waals surface area contributed by atoms with E-state index in [1.54, 1.807) is 6.07 Å². The zero-order valence-electron chi connectivity index (χ0n) is 8.73. The van der Waals surface area contributed by atoms with E-state index in [1.807, 2.05) is 6.92 Å². The van der Waals surface area contributed by atoms with Gasteiger partial charge < -0.3 is 5.32 Å². The van der Waals surface area contributed by atoms with Crippen LogP contribution in [-0.2, 0) is 0 Å². The number of aryl methyl sites for hydroxylation is 1. The van der Waals surface area contributed by atoms with E-state index in [9.17, 15) is 4.39 Å². The van der Waals surface area contributed by atoms with Crippen LogP contribution >= 0.6 is 0 Å². The summed E-state index contributed by atoms with van der Waals surface area (Å²) in [6, 6.07) is 4.74. The van der Waals surface area contributed by atoms with Gasteiger partial charge in [-0.1, -0.05) is 19.1 Å². The average Bonchev–Trinajstić information content (AvgIpc) is 2.16. The molecule has 0 amide bonds. The summed E-state index contributed by atoms with van der Waals surface area (Å²) in [5, 5.41) is 3.22. The van der Waals surface area contributed by atoms with Gasteiger partial charge in [-0.15, -0.1) is 0 Å². The van der Waals surface area contributed by atoms with E-state index in [2.05, 4.69) is 18.8 Å². The molecule has 0 heterocycles. The summed E-state index contributed by atoms with van der Waals surface area (Å²) in [5.74, 6) is -0.192. The molecule has 1 aromatic rings. The zero-order valence-corrected chi connectivity index (χ0v) is 8.73. The minimum Gasteiger partial charge on any atom is -0.381 e. The number of rotatable bonds is 4. The predicted octanol–water partition coefficient (Wildman–Crippen LogP) is 3.51. The Morgan fingerprint density at radius 2 is 2.21 bits per heavy atom. The van der Waals surface area contributed by atoms with Gasteiger partial charge in [0.2, 0.25) is 0 Å². The van der Waals surface area contributed by atoms with Gasteiger partial charge in [0.25, 0.3) is 0 Å². The Hall–Kier alpha value is -1.31. The Balaban J connectivity index is 2.63. The van der Waals surface area contributed by atoms with Crippen LogP contribution in [0.4, 0.5) is 10.1 Å². The molecule has 0 aliphatic rings. The molecule has 0 radical (unpaired) electrons. The summed E-state index contributed by atoms with van der Waals surface area (Å²) >= 11 is 0. The molecule has 0 saturated carbocycles. The predicted molar refractivity (Wildman–Crippen MR) is 59.1 cm³/mol.